The van der Waals surface area contributed by atoms with E-state index in [0.29, 0.717) is 24.0 Å². The Bertz CT molecular complexity index is 607. The minimum Gasteiger partial charge on any atom is -0.492 e. The van der Waals surface area contributed by atoms with E-state index in [1.807, 2.05) is 29.8 Å². The summed E-state index contributed by atoms with van der Waals surface area (Å²) in [6.07, 6.45) is 1.05. The second-order valence-corrected chi connectivity index (χ2v) is 5.10. The van der Waals surface area contributed by atoms with Crippen LogP contribution in [0.15, 0.2) is 18.2 Å². The van der Waals surface area contributed by atoms with Gasteiger partial charge in [0.05, 0.1) is 25.4 Å². The highest BCUT2D eigenvalue weighted by Gasteiger charge is 2.19. The Balaban J connectivity index is 1.83. The molecule has 112 valence electrons. The summed E-state index contributed by atoms with van der Waals surface area (Å²) < 4.78 is 12.7. The highest BCUT2D eigenvalue weighted by Crippen LogP contribution is 2.28. The van der Waals surface area contributed by atoms with E-state index < -0.39 is 0 Å². The second kappa shape index (κ2) is 6.09. The van der Waals surface area contributed by atoms with Gasteiger partial charge in [-0.15, -0.1) is 5.10 Å². The third kappa shape index (κ3) is 2.97. The zero-order chi connectivity index (χ0) is 14.7. The van der Waals surface area contributed by atoms with Crippen LogP contribution in [0.2, 0.25) is 0 Å². The molecule has 0 radical (unpaired) electrons. The van der Waals surface area contributed by atoms with Crippen LogP contribution in [0.3, 0.4) is 0 Å². The fourth-order valence-electron chi connectivity index (χ4n) is 2.48. The molecule has 1 aromatic heterocycles. The first-order valence-electron chi connectivity index (χ1n) is 7.14. The van der Waals surface area contributed by atoms with Gasteiger partial charge >= 0.3 is 0 Å². The van der Waals surface area contributed by atoms with E-state index in [0.717, 1.165) is 37.6 Å². The summed E-state index contributed by atoms with van der Waals surface area (Å²) in [6, 6.07) is 5.62. The number of nitrogens with zero attached hydrogens (tertiary/aromatic N) is 4. The monoisotopic (exact) mass is 289 g/mol. The Kier molecular flexibility index (Phi) is 4.01. The third-order valence-electron chi connectivity index (χ3n) is 3.55. The summed E-state index contributed by atoms with van der Waals surface area (Å²) in [5, 5.41) is 12.0. The molecule has 7 nitrogen and oxygen atoms in total. The normalized spacial score (nSPS) is 18.0. The molecule has 0 bridgehead atoms. The van der Waals surface area contributed by atoms with Gasteiger partial charge in [0, 0.05) is 18.1 Å². The van der Waals surface area contributed by atoms with Crippen LogP contribution < -0.4 is 10.5 Å². The first-order valence-corrected chi connectivity index (χ1v) is 7.14. The average molecular weight is 289 g/mol. The number of hydrogen-bond donors (Lipinski definition) is 1. The predicted molar refractivity (Wildman–Crippen MR) is 77.8 cm³/mol. The smallest absolute Gasteiger partial charge is 0.182 e. The van der Waals surface area contributed by atoms with Gasteiger partial charge in [0.2, 0.25) is 0 Å². The Morgan fingerprint density at radius 2 is 2.38 bits per heavy atom. The lowest BCUT2D eigenvalue weighted by Gasteiger charge is -2.11. The standard InChI is InChI=1S/C14H19N5O2/c1-2-21-13-4-3-11(7-12(13)15)14-16-17-18-19(14)8-10-5-6-20-9-10/h3-4,7,10H,2,5-6,8-9,15H2,1H3. The van der Waals surface area contributed by atoms with Gasteiger partial charge in [-0.2, -0.15) is 0 Å². The molecule has 1 fully saturated rings. The highest BCUT2D eigenvalue weighted by atomic mass is 16.5. The number of aromatic nitrogens is 4. The van der Waals surface area contributed by atoms with Crippen molar-refractivity contribution in [1.82, 2.24) is 20.2 Å². The predicted octanol–water partition coefficient (Wildman–Crippen LogP) is 1.36. The molecule has 3 rings (SSSR count). The minimum absolute atomic E-state index is 0.465. The fraction of sp³-hybridized carbons (Fsp3) is 0.500. The van der Waals surface area contributed by atoms with Crippen LogP contribution in [-0.2, 0) is 11.3 Å². The van der Waals surface area contributed by atoms with Gasteiger partial charge in [-0.05, 0) is 42.0 Å². The molecular weight excluding hydrogens is 270 g/mol. The van der Waals surface area contributed by atoms with E-state index in [9.17, 15) is 0 Å². The molecule has 2 heterocycles. The van der Waals surface area contributed by atoms with Crippen LogP contribution in [0.4, 0.5) is 5.69 Å². The third-order valence-corrected chi connectivity index (χ3v) is 3.55. The van der Waals surface area contributed by atoms with Gasteiger partial charge < -0.3 is 15.2 Å². The van der Waals surface area contributed by atoms with Crippen molar-refractivity contribution in [3.63, 3.8) is 0 Å². The van der Waals surface area contributed by atoms with Crippen molar-refractivity contribution in [3.8, 4) is 17.1 Å². The summed E-state index contributed by atoms with van der Waals surface area (Å²) in [7, 11) is 0. The number of nitrogens with two attached hydrogens (primary N) is 1. The van der Waals surface area contributed by atoms with E-state index in [2.05, 4.69) is 15.5 Å². The molecule has 0 amide bonds. The fourth-order valence-corrected chi connectivity index (χ4v) is 2.48. The molecule has 0 aliphatic carbocycles. The molecule has 0 saturated carbocycles. The van der Waals surface area contributed by atoms with E-state index in [4.69, 9.17) is 15.2 Å². The molecule has 0 spiro atoms. The number of ether oxygens (including phenoxy) is 2. The van der Waals surface area contributed by atoms with E-state index in [1.54, 1.807) is 0 Å². The van der Waals surface area contributed by atoms with Crippen molar-refractivity contribution < 1.29 is 9.47 Å². The Morgan fingerprint density at radius 3 is 3.10 bits per heavy atom. The lowest BCUT2D eigenvalue weighted by molar-refractivity contribution is 0.181. The molecule has 2 N–H and O–H groups in total. The number of rotatable bonds is 5. The van der Waals surface area contributed by atoms with Crippen molar-refractivity contribution in [3.05, 3.63) is 18.2 Å². The molecule has 1 saturated heterocycles. The average Bonchev–Trinajstić information content (AvgIpc) is 3.13. The summed E-state index contributed by atoms with van der Waals surface area (Å²) in [6.45, 7) is 4.86. The molecule has 21 heavy (non-hydrogen) atoms. The SMILES string of the molecule is CCOc1ccc(-c2nnnn2CC2CCOC2)cc1N. The van der Waals surface area contributed by atoms with E-state index >= 15 is 0 Å². The van der Waals surface area contributed by atoms with Gasteiger partial charge in [-0.1, -0.05) is 0 Å². The van der Waals surface area contributed by atoms with Crippen molar-refractivity contribution in [2.24, 2.45) is 5.92 Å². The Morgan fingerprint density at radius 1 is 1.48 bits per heavy atom. The highest BCUT2D eigenvalue weighted by molar-refractivity contribution is 5.66. The van der Waals surface area contributed by atoms with Crippen LogP contribution in [0, 0.1) is 5.92 Å². The summed E-state index contributed by atoms with van der Waals surface area (Å²) in [4.78, 5) is 0. The quantitative estimate of drug-likeness (QED) is 0.836. The van der Waals surface area contributed by atoms with Gasteiger partial charge in [0.25, 0.3) is 0 Å². The molecule has 7 heteroatoms. The Labute approximate surface area is 123 Å². The van der Waals surface area contributed by atoms with Crippen LogP contribution >= 0.6 is 0 Å². The van der Waals surface area contributed by atoms with Crippen LogP contribution in [0.25, 0.3) is 11.4 Å². The number of tetrazole rings is 1. The minimum atomic E-state index is 0.465. The molecule has 1 atom stereocenters. The molecule has 1 unspecified atom stereocenters. The van der Waals surface area contributed by atoms with Crippen LogP contribution in [0.1, 0.15) is 13.3 Å². The van der Waals surface area contributed by atoms with Gasteiger partial charge in [-0.25, -0.2) is 4.68 Å². The van der Waals surface area contributed by atoms with Crippen LogP contribution in [-0.4, -0.2) is 40.0 Å². The lowest BCUT2D eigenvalue weighted by Crippen LogP contribution is -2.13. The number of benzene rings is 1. The van der Waals surface area contributed by atoms with Gasteiger partial charge in [0.15, 0.2) is 5.82 Å². The molecular formula is C14H19N5O2. The van der Waals surface area contributed by atoms with E-state index in [-0.39, 0.29) is 0 Å². The molecule has 1 aliphatic heterocycles. The maximum Gasteiger partial charge on any atom is 0.182 e. The summed E-state index contributed by atoms with van der Waals surface area (Å²) in [5.41, 5.74) is 7.48. The van der Waals surface area contributed by atoms with Crippen molar-refractivity contribution in [2.75, 3.05) is 25.6 Å². The number of hydrogen-bond acceptors (Lipinski definition) is 6. The molecule has 2 aromatic rings. The number of nitrogen functional groups attached to an aromatic ring is 1. The summed E-state index contributed by atoms with van der Waals surface area (Å²) >= 11 is 0. The summed E-state index contributed by atoms with van der Waals surface area (Å²) in [5.74, 6) is 1.87. The first kappa shape index (κ1) is 13.8. The second-order valence-electron chi connectivity index (χ2n) is 5.10. The van der Waals surface area contributed by atoms with Crippen molar-refractivity contribution in [1.29, 1.82) is 0 Å². The maximum absolute atomic E-state index is 6.00. The zero-order valence-electron chi connectivity index (χ0n) is 12.0. The van der Waals surface area contributed by atoms with Gasteiger partial charge in [-0.3, -0.25) is 0 Å². The maximum atomic E-state index is 6.00. The molecule has 1 aromatic carbocycles. The molecule has 1 aliphatic rings. The topological polar surface area (TPSA) is 88.1 Å². The Hall–Kier alpha value is -2.15. The largest absolute Gasteiger partial charge is 0.492 e. The van der Waals surface area contributed by atoms with E-state index in [1.165, 1.54) is 0 Å². The van der Waals surface area contributed by atoms with Crippen molar-refractivity contribution >= 4 is 5.69 Å². The zero-order valence-corrected chi connectivity index (χ0v) is 12.0. The van der Waals surface area contributed by atoms with Crippen LogP contribution in [0.5, 0.6) is 5.75 Å². The first-order chi connectivity index (χ1) is 10.3. The lowest BCUT2D eigenvalue weighted by atomic mass is 10.1. The number of anilines is 1. The van der Waals surface area contributed by atoms with Gasteiger partial charge in [0.1, 0.15) is 5.75 Å². The van der Waals surface area contributed by atoms with Crippen molar-refractivity contribution in [2.45, 2.75) is 19.9 Å².